The van der Waals surface area contributed by atoms with Crippen molar-refractivity contribution in [3.8, 4) is 17.6 Å². The van der Waals surface area contributed by atoms with Crippen LogP contribution < -0.4 is 15.4 Å². The monoisotopic (exact) mass is 443 g/mol. The summed E-state index contributed by atoms with van der Waals surface area (Å²) >= 11 is 6.37. The first-order valence-electron chi connectivity index (χ1n) is 10.2. The van der Waals surface area contributed by atoms with Gasteiger partial charge in [0.15, 0.2) is 0 Å². The van der Waals surface area contributed by atoms with Crippen LogP contribution in [0.5, 0.6) is 11.5 Å². The molecule has 1 aliphatic heterocycles. The molecule has 1 aliphatic rings. The normalized spacial score (nSPS) is 15.5. The zero-order valence-electron chi connectivity index (χ0n) is 17.6. The van der Waals surface area contributed by atoms with Gasteiger partial charge in [-0.25, -0.2) is 0 Å². The van der Waals surface area contributed by atoms with Crippen molar-refractivity contribution < 1.29 is 9.53 Å². The molecule has 0 aliphatic carbocycles. The summed E-state index contributed by atoms with van der Waals surface area (Å²) in [5.41, 5.74) is 10.2. The summed E-state index contributed by atoms with van der Waals surface area (Å²) < 4.78 is 5.99. The van der Waals surface area contributed by atoms with E-state index in [2.05, 4.69) is 12.6 Å². The largest absolute Gasteiger partial charge is 0.454 e. The smallest absolute Gasteiger partial charge is 0.227 e. The Kier molecular flexibility index (Phi) is 5.89. The van der Waals surface area contributed by atoms with Gasteiger partial charge in [-0.1, -0.05) is 42.4 Å². The summed E-state index contributed by atoms with van der Waals surface area (Å²) in [4.78, 5) is 14.5. The second-order valence-electron chi connectivity index (χ2n) is 7.88. The highest BCUT2D eigenvalue weighted by molar-refractivity contribution is 6.32. The van der Waals surface area contributed by atoms with E-state index < -0.39 is 0 Å². The standard InChI is InChI=1S/C26H22ClN3O2/c1-16-6-9-24(20(10-16)14-28)32-25-12-19(7-8-23(25)27)21-13-26(31)30(15-21)22-5-3-4-18(11-22)17(2)29/h3-12,21H,2,13,15,29H2,1H3/t21-/m0/s1. The predicted molar refractivity (Wildman–Crippen MR) is 127 cm³/mol. The number of halogens is 1. The molecule has 1 saturated heterocycles. The molecule has 1 atom stereocenters. The predicted octanol–water partition coefficient (Wildman–Crippen LogP) is 5.76. The maximum absolute atomic E-state index is 12.8. The van der Waals surface area contributed by atoms with E-state index in [1.807, 2.05) is 49.4 Å². The van der Waals surface area contributed by atoms with Crippen LogP contribution in [0.1, 0.15) is 34.6 Å². The molecular weight excluding hydrogens is 422 g/mol. The Morgan fingerprint density at radius 2 is 2.00 bits per heavy atom. The van der Waals surface area contributed by atoms with Crippen molar-refractivity contribution in [3.63, 3.8) is 0 Å². The zero-order valence-corrected chi connectivity index (χ0v) is 18.4. The van der Waals surface area contributed by atoms with Crippen LogP contribution in [0.2, 0.25) is 5.02 Å². The molecule has 6 heteroatoms. The fourth-order valence-electron chi connectivity index (χ4n) is 3.84. The van der Waals surface area contributed by atoms with E-state index in [0.717, 1.165) is 22.4 Å². The van der Waals surface area contributed by atoms with Gasteiger partial charge in [0.05, 0.1) is 10.6 Å². The van der Waals surface area contributed by atoms with Crippen LogP contribution in [0.25, 0.3) is 5.70 Å². The van der Waals surface area contributed by atoms with Crippen molar-refractivity contribution in [2.45, 2.75) is 19.3 Å². The molecule has 0 saturated carbocycles. The number of benzene rings is 3. The fraction of sp³-hybridized carbons (Fsp3) is 0.154. The minimum absolute atomic E-state index is 0.0136. The summed E-state index contributed by atoms with van der Waals surface area (Å²) in [6.45, 7) is 6.22. The molecule has 0 radical (unpaired) electrons. The number of rotatable bonds is 5. The van der Waals surface area contributed by atoms with Gasteiger partial charge in [-0.2, -0.15) is 5.26 Å². The molecule has 4 rings (SSSR count). The minimum atomic E-state index is -0.0136. The van der Waals surface area contributed by atoms with Crippen molar-refractivity contribution in [2.75, 3.05) is 11.4 Å². The highest BCUT2D eigenvalue weighted by Crippen LogP contribution is 2.38. The van der Waals surface area contributed by atoms with Gasteiger partial charge in [0.2, 0.25) is 5.91 Å². The first-order valence-corrected chi connectivity index (χ1v) is 10.6. The quantitative estimate of drug-likeness (QED) is 0.543. The van der Waals surface area contributed by atoms with E-state index in [-0.39, 0.29) is 11.8 Å². The highest BCUT2D eigenvalue weighted by Gasteiger charge is 2.32. The molecule has 0 spiro atoms. The summed E-state index contributed by atoms with van der Waals surface area (Å²) in [7, 11) is 0. The van der Waals surface area contributed by atoms with Crippen molar-refractivity contribution in [1.29, 1.82) is 5.26 Å². The molecule has 5 nitrogen and oxygen atoms in total. The highest BCUT2D eigenvalue weighted by atomic mass is 35.5. The number of nitrogens with two attached hydrogens (primary N) is 1. The second kappa shape index (κ2) is 8.78. The molecule has 32 heavy (non-hydrogen) atoms. The summed E-state index contributed by atoms with van der Waals surface area (Å²) in [6.07, 6.45) is 0.378. The number of ether oxygens (including phenoxy) is 1. The van der Waals surface area contributed by atoms with Crippen LogP contribution in [-0.2, 0) is 4.79 Å². The SMILES string of the molecule is C=C(N)c1cccc(N2C[C@@H](c3ccc(Cl)c(Oc4ccc(C)cc4C#N)c3)CC2=O)c1. The Morgan fingerprint density at radius 3 is 2.75 bits per heavy atom. The van der Waals surface area contributed by atoms with Gasteiger partial charge in [0.1, 0.15) is 17.6 Å². The van der Waals surface area contributed by atoms with Crippen LogP contribution in [0, 0.1) is 18.3 Å². The second-order valence-corrected chi connectivity index (χ2v) is 8.29. The van der Waals surface area contributed by atoms with E-state index in [4.69, 9.17) is 22.1 Å². The van der Waals surface area contributed by atoms with Crippen LogP contribution >= 0.6 is 11.6 Å². The molecule has 0 unspecified atom stereocenters. The zero-order chi connectivity index (χ0) is 22.8. The number of nitriles is 1. The lowest BCUT2D eigenvalue weighted by Gasteiger charge is -2.18. The molecule has 3 aromatic carbocycles. The van der Waals surface area contributed by atoms with Crippen molar-refractivity contribution >= 4 is 28.9 Å². The van der Waals surface area contributed by atoms with Gasteiger partial charge in [-0.15, -0.1) is 0 Å². The van der Waals surface area contributed by atoms with Crippen LogP contribution in [0.4, 0.5) is 5.69 Å². The van der Waals surface area contributed by atoms with E-state index in [9.17, 15) is 10.1 Å². The number of carbonyl (C=O) groups is 1. The third-order valence-corrected chi connectivity index (χ3v) is 5.87. The Balaban J connectivity index is 1.59. The third-order valence-electron chi connectivity index (χ3n) is 5.56. The Morgan fingerprint density at radius 1 is 1.19 bits per heavy atom. The summed E-state index contributed by atoms with van der Waals surface area (Å²) in [5.74, 6) is 0.926. The third kappa shape index (κ3) is 4.32. The molecule has 1 fully saturated rings. The first kappa shape index (κ1) is 21.5. The maximum Gasteiger partial charge on any atom is 0.227 e. The molecule has 2 N–H and O–H groups in total. The van der Waals surface area contributed by atoms with E-state index in [1.165, 1.54) is 0 Å². The van der Waals surface area contributed by atoms with Crippen LogP contribution in [0.3, 0.4) is 0 Å². The van der Waals surface area contributed by atoms with Crippen LogP contribution in [0.15, 0.2) is 67.2 Å². The topological polar surface area (TPSA) is 79.3 Å². The van der Waals surface area contributed by atoms with E-state index >= 15 is 0 Å². The summed E-state index contributed by atoms with van der Waals surface area (Å²) in [6, 6.07) is 20.6. The Labute approximate surface area is 192 Å². The van der Waals surface area contributed by atoms with Gasteiger partial charge in [-0.3, -0.25) is 4.79 Å². The van der Waals surface area contributed by atoms with Gasteiger partial charge in [0, 0.05) is 30.3 Å². The van der Waals surface area contributed by atoms with E-state index in [0.29, 0.717) is 40.7 Å². The average molecular weight is 444 g/mol. The molecular formula is C26H22ClN3O2. The lowest BCUT2D eigenvalue weighted by Crippen LogP contribution is -2.24. The van der Waals surface area contributed by atoms with Gasteiger partial charge in [-0.05, 0) is 60.0 Å². The van der Waals surface area contributed by atoms with Gasteiger partial charge < -0.3 is 15.4 Å². The van der Waals surface area contributed by atoms with Crippen LogP contribution in [-0.4, -0.2) is 12.5 Å². The number of hydrogen-bond acceptors (Lipinski definition) is 4. The van der Waals surface area contributed by atoms with E-state index in [1.54, 1.807) is 23.1 Å². The fourth-order valence-corrected chi connectivity index (χ4v) is 4.00. The molecule has 1 amide bonds. The number of hydrogen-bond donors (Lipinski definition) is 1. The Bertz CT molecular complexity index is 1260. The average Bonchev–Trinajstić information content (AvgIpc) is 3.18. The lowest BCUT2D eigenvalue weighted by molar-refractivity contribution is -0.117. The van der Waals surface area contributed by atoms with Gasteiger partial charge in [0.25, 0.3) is 0 Å². The lowest BCUT2D eigenvalue weighted by atomic mass is 9.98. The minimum Gasteiger partial charge on any atom is -0.454 e. The number of carbonyl (C=O) groups excluding carboxylic acids is 1. The first-order chi connectivity index (χ1) is 15.4. The number of nitrogens with zero attached hydrogens (tertiary/aromatic N) is 2. The summed E-state index contributed by atoms with van der Waals surface area (Å²) in [5, 5.41) is 9.86. The molecule has 0 aromatic heterocycles. The van der Waals surface area contributed by atoms with Crippen molar-refractivity contribution in [3.05, 3.63) is 94.5 Å². The molecule has 160 valence electrons. The Hall–Kier alpha value is -3.75. The molecule has 3 aromatic rings. The van der Waals surface area contributed by atoms with Crippen molar-refractivity contribution in [1.82, 2.24) is 0 Å². The number of amides is 1. The molecule has 0 bridgehead atoms. The van der Waals surface area contributed by atoms with Gasteiger partial charge >= 0.3 is 0 Å². The molecule has 1 heterocycles. The number of anilines is 1. The number of aryl methyl sites for hydroxylation is 1. The maximum atomic E-state index is 12.8. The van der Waals surface area contributed by atoms with Crippen molar-refractivity contribution in [2.24, 2.45) is 5.73 Å².